The summed E-state index contributed by atoms with van der Waals surface area (Å²) in [6.07, 6.45) is 2.00. The van der Waals surface area contributed by atoms with Gasteiger partial charge in [0.15, 0.2) is 0 Å². The number of halogens is 1. The van der Waals surface area contributed by atoms with Crippen LogP contribution < -0.4 is 5.32 Å². The molecule has 0 spiro atoms. The number of nitrogens with zero attached hydrogens (tertiary/aromatic N) is 1. The molecule has 1 atom stereocenters. The highest BCUT2D eigenvalue weighted by Crippen LogP contribution is 2.21. The van der Waals surface area contributed by atoms with Crippen molar-refractivity contribution in [1.29, 1.82) is 0 Å². The zero-order valence-corrected chi connectivity index (χ0v) is 13.8. The Hall–Kier alpha value is -1.84. The van der Waals surface area contributed by atoms with Gasteiger partial charge in [-0.2, -0.15) is 0 Å². The molecular weight excluding hydrogens is 308 g/mol. The average Bonchev–Trinajstić information content (AvgIpc) is 2.56. The summed E-state index contributed by atoms with van der Waals surface area (Å²) in [7, 11) is 0. The van der Waals surface area contributed by atoms with Crippen LogP contribution in [-0.2, 0) is 11.3 Å². The molecular formula is C19H21ClN2O. The Bertz CT molecular complexity index is 659. The van der Waals surface area contributed by atoms with Crippen LogP contribution in [-0.4, -0.2) is 23.9 Å². The SMILES string of the molecule is O=C(Nc1cccc(Cl)c1)[C@@H]1CCCN(Cc2ccccc2)C1. The van der Waals surface area contributed by atoms with Gasteiger partial charge in [-0.25, -0.2) is 0 Å². The number of likely N-dealkylation sites (tertiary alicyclic amines) is 1. The van der Waals surface area contributed by atoms with Gasteiger partial charge in [0.05, 0.1) is 5.92 Å². The molecule has 1 amide bonds. The predicted octanol–water partition coefficient (Wildman–Crippen LogP) is 4.19. The molecule has 1 N–H and O–H groups in total. The molecule has 0 unspecified atom stereocenters. The minimum atomic E-state index is 0.0337. The third-order valence-electron chi connectivity index (χ3n) is 4.22. The lowest BCUT2D eigenvalue weighted by Gasteiger charge is -2.32. The Morgan fingerprint density at radius 2 is 2.00 bits per heavy atom. The minimum Gasteiger partial charge on any atom is -0.326 e. The summed E-state index contributed by atoms with van der Waals surface area (Å²) in [6, 6.07) is 17.7. The smallest absolute Gasteiger partial charge is 0.228 e. The van der Waals surface area contributed by atoms with E-state index in [0.29, 0.717) is 5.02 Å². The fourth-order valence-corrected chi connectivity index (χ4v) is 3.26. The van der Waals surface area contributed by atoms with E-state index in [1.165, 1.54) is 5.56 Å². The number of rotatable bonds is 4. The zero-order valence-electron chi connectivity index (χ0n) is 13.0. The Balaban J connectivity index is 1.58. The number of hydrogen-bond acceptors (Lipinski definition) is 2. The van der Waals surface area contributed by atoms with Crippen molar-refractivity contribution in [3.05, 3.63) is 65.2 Å². The van der Waals surface area contributed by atoms with Gasteiger partial charge in [0.25, 0.3) is 0 Å². The van der Waals surface area contributed by atoms with Gasteiger partial charge in [-0.05, 0) is 43.1 Å². The summed E-state index contributed by atoms with van der Waals surface area (Å²) in [4.78, 5) is 14.9. The summed E-state index contributed by atoms with van der Waals surface area (Å²) in [5.74, 6) is 0.122. The van der Waals surface area contributed by atoms with Gasteiger partial charge in [-0.15, -0.1) is 0 Å². The number of amides is 1. The van der Waals surface area contributed by atoms with E-state index in [1.54, 1.807) is 12.1 Å². The van der Waals surface area contributed by atoms with Gasteiger partial charge >= 0.3 is 0 Å². The van der Waals surface area contributed by atoms with E-state index in [4.69, 9.17) is 11.6 Å². The van der Waals surface area contributed by atoms with Crippen molar-refractivity contribution in [2.75, 3.05) is 18.4 Å². The highest BCUT2D eigenvalue weighted by molar-refractivity contribution is 6.30. The topological polar surface area (TPSA) is 32.3 Å². The largest absolute Gasteiger partial charge is 0.326 e. The van der Waals surface area contributed by atoms with Gasteiger partial charge in [0.1, 0.15) is 0 Å². The number of anilines is 1. The average molecular weight is 329 g/mol. The van der Waals surface area contributed by atoms with Gasteiger partial charge in [0, 0.05) is 23.8 Å². The molecule has 1 aliphatic heterocycles. The van der Waals surface area contributed by atoms with E-state index in [0.717, 1.165) is 38.2 Å². The molecule has 120 valence electrons. The molecule has 3 nitrogen and oxygen atoms in total. The van der Waals surface area contributed by atoms with E-state index < -0.39 is 0 Å². The van der Waals surface area contributed by atoms with Crippen molar-refractivity contribution < 1.29 is 4.79 Å². The lowest BCUT2D eigenvalue weighted by Crippen LogP contribution is -2.40. The molecule has 1 fully saturated rings. The first-order chi connectivity index (χ1) is 11.2. The maximum atomic E-state index is 12.5. The van der Waals surface area contributed by atoms with Gasteiger partial charge in [-0.3, -0.25) is 9.69 Å². The lowest BCUT2D eigenvalue weighted by atomic mass is 9.96. The van der Waals surface area contributed by atoms with Gasteiger partial charge in [-0.1, -0.05) is 48.0 Å². The second-order valence-electron chi connectivity index (χ2n) is 6.06. The van der Waals surface area contributed by atoms with E-state index in [2.05, 4.69) is 34.5 Å². The molecule has 0 bridgehead atoms. The second kappa shape index (κ2) is 7.62. The molecule has 0 aromatic heterocycles. The van der Waals surface area contributed by atoms with Gasteiger partial charge < -0.3 is 5.32 Å². The molecule has 4 heteroatoms. The highest BCUT2D eigenvalue weighted by atomic mass is 35.5. The van der Waals surface area contributed by atoms with Crippen LogP contribution in [0.4, 0.5) is 5.69 Å². The van der Waals surface area contributed by atoms with Crippen molar-refractivity contribution >= 4 is 23.2 Å². The van der Waals surface area contributed by atoms with E-state index in [-0.39, 0.29) is 11.8 Å². The predicted molar refractivity (Wildman–Crippen MR) is 94.5 cm³/mol. The third-order valence-corrected chi connectivity index (χ3v) is 4.45. The van der Waals surface area contributed by atoms with Crippen LogP contribution in [0.5, 0.6) is 0 Å². The number of benzene rings is 2. The van der Waals surface area contributed by atoms with E-state index >= 15 is 0 Å². The molecule has 2 aromatic rings. The van der Waals surface area contributed by atoms with Crippen molar-refractivity contribution in [3.63, 3.8) is 0 Å². The summed E-state index contributed by atoms with van der Waals surface area (Å²) < 4.78 is 0. The molecule has 3 rings (SSSR count). The van der Waals surface area contributed by atoms with Crippen molar-refractivity contribution in [1.82, 2.24) is 4.90 Å². The van der Waals surface area contributed by atoms with Crippen LogP contribution in [0.3, 0.4) is 0 Å². The first-order valence-corrected chi connectivity index (χ1v) is 8.41. The summed E-state index contributed by atoms with van der Waals surface area (Å²) >= 11 is 5.97. The first kappa shape index (κ1) is 16.0. The number of carbonyl (C=O) groups is 1. The number of hydrogen-bond donors (Lipinski definition) is 1. The number of piperidine rings is 1. The Morgan fingerprint density at radius 3 is 2.78 bits per heavy atom. The maximum absolute atomic E-state index is 12.5. The molecule has 0 radical (unpaired) electrons. The van der Waals surface area contributed by atoms with Crippen molar-refractivity contribution in [2.24, 2.45) is 5.92 Å². The number of nitrogens with one attached hydrogen (secondary N) is 1. The third kappa shape index (κ3) is 4.57. The molecule has 23 heavy (non-hydrogen) atoms. The second-order valence-corrected chi connectivity index (χ2v) is 6.50. The highest BCUT2D eigenvalue weighted by Gasteiger charge is 2.25. The fraction of sp³-hybridized carbons (Fsp3) is 0.316. The molecule has 2 aromatic carbocycles. The first-order valence-electron chi connectivity index (χ1n) is 8.03. The molecule has 1 saturated heterocycles. The Morgan fingerprint density at radius 1 is 1.17 bits per heavy atom. The molecule has 0 saturated carbocycles. The summed E-state index contributed by atoms with van der Waals surface area (Å²) in [5.41, 5.74) is 2.06. The lowest BCUT2D eigenvalue weighted by molar-refractivity contribution is -0.121. The van der Waals surface area contributed by atoms with Gasteiger partial charge in [0.2, 0.25) is 5.91 Å². The van der Waals surface area contributed by atoms with Crippen LogP contribution in [0.1, 0.15) is 18.4 Å². The quantitative estimate of drug-likeness (QED) is 0.912. The summed E-state index contributed by atoms with van der Waals surface area (Å²) in [6.45, 7) is 2.76. The van der Waals surface area contributed by atoms with E-state index in [1.807, 2.05) is 18.2 Å². The summed E-state index contributed by atoms with van der Waals surface area (Å²) in [5, 5.41) is 3.62. The molecule has 1 heterocycles. The standard InChI is InChI=1S/C19H21ClN2O/c20-17-9-4-10-18(12-17)21-19(23)16-8-5-11-22(14-16)13-15-6-2-1-3-7-15/h1-4,6-7,9-10,12,16H,5,8,11,13-14H2,(H,21,23)/t16-/m1/s1. The number of carbonyl (C=O) groups excluding carboxylic acids is 1. The van der Waals surface area contributed by atoms with Crippen LogP contribution in [0.15, 0.2) is 54.6 Å². The van der Waals surface area contributed by atoms with Crippen LogP contribution in [0.25, 0.3) is 0 Å². The molecule has 0 aliphatic carbocycles. The van der Waals surface area contributed by atoms with Crippen molar-refractivity contribution in [2.45, 2.75) is 19.4 Å². The molecule has 1 aliphatic rings. The van der Waals surface area contributed by atoms with Crippen molar-refractivity contribution in [3.8, 4) is 0 Å². The maximum Gasteiger partial charge on any atom is 0.228 e. The van der Waals surface area contributed by atoms with Crippen LogP contribution in [0, 0.1) is 5.92 Å². The van der Waals surface area contributed by atoms with Crippen LogP contribution >= 0.6 is 11.6 Å². The zero-order chi connectivity index (χ0) is 16.1. The Labute approximate surface area is 142 Å². The van der Waals surface area contributed by atoms with Crippen LogP contribution in [0.2, 0.25) is 5.02 Å². The fourth-order valence-electron chi connectivity index (χ4n) is 3.07. The Kier molecular flexibility index (Phi) is 5.31. The normalized spacial score (nSPS) is 18.6. The minimum absolute atomic E-state index is 0.0337. The van der Waals surface area contributed by atoms with E-state index in [9.17, 15) is 4.79 Å². The monoisotopic (exact) mass is 328 g/mol.